The third-order valence-corrected chi connectivity index (χ3v) is 1.77. The van der Waals surface area contributed by atoms with Crippen molar-refractivity contribution in [2.45, 2.75) is 26.4 Å². The first-order valence-electron chi connectivity index (χ1n) is 5.19. The van der Waals surface area contributed by atoms with Crippen LogP contribution in [0.4, 0.5) is 14.5 Å². The molecule has 3 nitrogen and oxygen atoms in total. The van der Waals surface area contributed by atoms with Crippen LogP contribution in [0.2, 0.25) is 0 Å². The molecule has 0 spiro atoms. The molecule has 0 aliphatic rings. The number of carbonyl (C=O) groups excluding carboxylic acids is 1. The number of nitrogens with one attached hydrogen (secondary N) is 1. The number of hydrogen-bond acceptors (Lipinski definition) is 3. The maximum absolute atomic E-state index is 13.2. The van der Waals surface area contributed by atoms with E-state index in [9.17, 15) is 13.6 Å². The largest absolute Gasteiger partial charge is 0.459 e. The Labute approximate surface area is 98.8 Å². The highest BCUT2D eigenvalue weighted by Crippen LogP contribution is 2.15. The Kier molecular flexibility index (Phi) is 4.04. The lowest BCUT2D eigenvalue weighted by molar-refractivity contribution is -0.152. The highest BCUT2D eigenvalue weighted by molar-refractivity contribution is 5.75. The Bertz CT molecular complexity index is 413. The van der Waals surface area contributed by atoms with E-state index in [-0.39, 0.29) is 12.2 Å². The summed E-state index contributed by atoms with van der Waals surface area (Å²) < 4.78 is 31.0. The second kappa shape index (κ2) is 5.12. The van der Waals surface area contributed by atoms with E-state index in [1.807, 2.05) is 0 Å². The molecule has 1 aromatic carbocycles. The lowest BCUT2D eigenvalue weighted by Gasteiger charge is -2.19. The van der Waals surface area contributed by atoms with Gasteiger partial charge in [-0.15, -0.1) is 0 Å². The van der Waals surface area contributed by atoms with Crippen LogP contribution in [0.25, 0.3) is 0 Å². The fraction of sp³-hybridized carbons (Fsp3) is 0.417. The first-order chi connectivity index (χ1) is 7.78. The normalized spacial score (nSPS) is 11.1. The van der Waals surface area contributed by atoms with Gasteiger partial charge in [-0.2, -0.15) is 0 Å². The number of benzene rings is 1. The van der Waals surface area contributed by atoms with Gasteiger partial charge in [0.15, 0.2) is 0 Å². The highest BCUT2D eigenvalue weighted by atomic mass is 19.1. The summed E-state index contributed by atoms with van der Waals surface area (Å²) in [6, 6.07) is 2.99. The summed E-state index contributed by atoms with van der Waals surface area (Å²) in [5, 5.41) is 2.49. The van der Waals surface area contributed by atoms with E-state index in [0.717, 1.165) is 18.2 Å². The van der Waals surface area contributed by atoms with Gasteiger partial charge in [-0.25, -0.2) is 8.78 Å². The predicted octanol–water partition coefficient (Wildman–Crippen LogP) is 2.72. The van der Waals surface area contributed by atoms with Crippen molar-refractivity contribution < 1.29 is 18.3 Å². The molecule has 1 rings (SSSR count). The second-order valence-corrected chi connectivity index (χ2v) is 4.56. The van der Waals surface area contributed by atoms with E-state index in [0.29, 0.717) is 0 Å². The van der Waals surface area contributed by atoms with Gasteiger partial charge in [0.25, 0.3) is 0 Å². The van der Waals surface area contributed by atoms with Crippen molar-refractivity contribution in [1.82, 2.24) is 0 Å². The Hall–Kier alpha value is -1.65. The molecule has 0 bridgehead atoms. The minimum absolute atomic E-state index is 0.0594. The molecule has 0 amide bonds. The first-order valence-corrected chi connectivity index (χ1v) is 5.19. The van der Waals surface area contributed by atoms with Crippen LogP contribution >= 0.6 is 0 Å². The third kappa shape index (κ3) is 4.80. The summed E-state index contributed by atoms with van der Waals surface area (Å²) in [5.41, 5.74) is -0.657. The van der Waals surface area contributed by atoms with Crippen molar-refractivity contribution >= 4 is 11.7 Å². The molecule has 94 valence electrons. The fourth-order valence-corrected chi connectivity index (χ4v) is 1.18. The van der Waals surface area contributed by atoms with Gasteiger partial charge < -0.3 is 10.1 Å². The Morgan fingerprint density at radius 1 is 1.35 bits per heavy atom. The smallest absolute Gasteiger partial charge is 0.325 e. The van der Waals surface area contributed by atoms with Crippen LogP contribution in [0.5, 0.6) is 0 Å². The van der Waals surface area contributed by atoms with Crippen LogP contribution in [0, 0.1) is 11.6 Å². The number of ether oxygens (including phenoxy) is 1. The molecule has 0 saturated heterocycles. The highest BCUT2D eigenvalue weighted by Gasteiger charge is 2.16. The summed E-state index contributed by atoms with van der Waals surface area (Å²) in [7, 11) is 0. The molecule has 5 heteroatoms. The van der Waals surface area contributed by atoms with E-state index in [1.165, 1.54) is 0 Å². The number of halogens is 2. The maximum Gasteiger partial charge on any atom is 0.325 e. The molecule has 1 N–H and O–H groups in total. The van der Waals surface area contributed by atoms with Crippen molar-refractivity contribution in [2.24, 2.45) is 0 Å². The van der Waals surface area contributed by atoms with Gasteiger partial charge in [0.1, 0.15) is 23.8 Å². The monoisotopic (exact) mass is 243 g/mol. The maximum atomic E-state index is 13.2. The van der Waals surface area contributed by atoms with Crippen LogP contribution in [0.15, 0.2) is 18.2 Å². The number of anilines is 1. The van der Waals surface area contributed by atoms with Crippen molar-refractivity contribution in [2.75, 3.05) is 11.9 Å². The molecule has 0 atom stereocenters. The molecule has 0 radical (unpaired) electrons. The minimum Gasteiger partial charge on any atom is -0.459 e. The molecule has 0 unspecified atom stereocenters. The molecular weight excluding hydrogens is 228 g/mol. The molecule has 0 aliphatic carbocycles. The Morgan fingerprint density at radius 3 is 2.59 bits per heavy atom. The first kappa shape index (κ1) is 13.4. The van der Waals surface area contributed by atoms with Gasteiger partial charge >= 0.3 is 5.97 Å². The van der Waals surface area contributed by atoms with Crippen molar-refractivity contribution in [3.05, 3.63) is 29.8 Å². The molecule has 0 aromatic heterocycles. The summed E-state index contributed by atoms with van der Waals surface area (Å²) in [5.74, 6) is -1.71. The van der Waals surface area contributed by atoms with E-state index < -0.39 is 23.2 Å². The van der Waals surface area contributed by atoms with Gasteiger partial charge in [-0.05, 0) is 39.0 Å². The van der Waals surface area contributed by atoms with E-state index in [2.05, 4.69) is 5.32 Å². The summed E-state index contributed by atoms with van der Waals surface area (Å²) in [6.45, 7) is 4.98. The minimum atomic E-state index is -0.616. The van der Waals surface area contributed by atoms with Crippen LogP contribution in [0.3, 0.4) is 0 Å². The lowest BCUT2D eigenvalue weighted by Crippen LogP contribution is -2.28. The summed E-state index contributed by atoms with van der Waals surface area (Å²) >= 11 is 0. The van der Waals surface area contributed by atoms with Gasteiger partial charge in [0.2, 0.25) is 0 Å². The molecule has 0 heterocycles. The molecule has 0 fully saturated rings. The summed E-state index contributed by atoms with van der Waals surface area (Å²) in [4.78, 5) is 11.3. The third-order valence-electron chi connectivity index (χ3n) is 1.77. The number of carbonyl (C=O) groups is 1. The van der Waals surface area contributed by atoms with Crippen LogP contribution in [-0.4, -0.2) is 18.1 Å². The van der Waals surface area contributed by atoms with Crippen LogP contribution < -0.4 is 5.32 Å². The zero-order valence-electron chi connectivity index (χ0n) is 10.0. The predicted molar refractivity (Wildman–Crippen MR) is 60.7 cm³/mol. The number of rotatable bonds is 3. The molecule has 1 aromatic rings. The Morgan fingerprint density at radius 2 is 2.00 bits per heavy atom. The molecule has 17 heavy (non-hydrogen) atoms. The van der Waals surface area contributed by atoms with Gasteiger partial charge in [-0.3, -0.25) is 4.79 Å². The number of esters is 1. The fourth-order valence-electron chi connectivity index (χ4n) is 1.18. The zero-order valence-corrected chi connectivity index (χ0v) is 10.0. The van der Waals surface area contributed by atoms with Crippen LogP contribution in [0.1, 0.15) is 20.8 Å². The van der Waals surface area contributed by atoms with Crippen molar-refractivity contribution in [3.63, 3.8) is 0 Å². The zero-order chi connectivity index (χ0) is 13.1. The van der Waals surface area contributed by atoms with Gasteiger partial charge in [0, 0.05) is 0 Å². The van der Waals surface area contributed by atoms with Gasteiger partial charge in [0.05, 0.1) is 5.69 Å². The topological polar surface area (TPSA) is 38.3 Å². The Balaban J connectivity index is 2.56. The average molecular weight is 243 g/mol. The van der Waals surface area contributed by atoms with Crippen LogP contribution in [-0.2, 0) is 9.53 Å². The average Bonchev–Trinajstić information content (AvgIpc) is 2.17. The van der Waals surface area contributed by atoms with E-state index in [4.69, 9.17) is 4.74 Å². The van der Waals surface area contributed by atoms with E-state index >= 15 is 0 Å². The molecule has 0 aliphatic heterocycles. The lowest BCUT2D eigenvalue weighted by atomic mass is 10.2. The molecular formula is C12H15F2NO2. The molecule has 0 saturated carbocycles. The quantitative estimate of drug-likeness (QED) is 0.829. The van der Waals surface area contributed by atoms with Crippen molar-refractivity contribution in [1.29, 1.82) is 0 Å². The second-order valence-electron chi connectivity index (χ2n) is 4.56. The SMILES string of the molecule is CC(C)(C)OC(=O)CNc1cc(F)ccc1F. The van der Waals surface area contributed by atoms with E-state index in [1.54, 1.807) is 20.8 Å². The van der Waals surface area contributed by atoms with Gasteiger partial charge in [-0.1, -0.05) is 0 Å². The number of hydrogen-bond donors (Lipinski definition) is 1. The standard InChI is InChI=1S/C12H15F2NO2/c1-12(2,3)17-11(16)7-15-10-6-8(13)4-5-9(10)14/h4-6,15H,7H2,1-3H3. The van der Waals surface area contributed by atoms with Crippen molar-refractivity contribution in [3.8, 4) is 0 Å². The summed E-state index contributed by atoms with van der Waals surface area (Å²) in [6.07, 6.45) is 0.